The predicted octanol–water partition coefficient (Wildman–Crippen LogP) is 0.951. The van der Waals surface area contributed by atoms with Crippen LogP contribution in [0, 0.1) is 0 Å². The smallest absolute Gasteiger partial charge is 0.0892 e. The first-order valence-electron chi connectivity index (χ1n) is 3.20. The van der Waals surface area contributed by atoms with E-state index in [1.54, 1.807) is 0 Å². The number of halogens is 1. The first-order valence-corrected chi connectivity index (χ1v) is 3.20. The van der Waals surface area contributed by atoms with E-state index in [-0.39, 0.29) is 12.4 Å². The SMILES string of the molecule is CCN=C=NCCCN.Cl. The first-order chi connectivity index (χ1) is 4.41. The topological polar surface area (TPSA) is 50.7 Å². The van der Waals surface area contributed by atoms with Crippen molar-refractivity contribution in [1.82, 2.24) is 0 Å². The van der Waals surface area contributed by atoms with Crippen LogP contribution >= 0.6 is 12.4 Å². The van der Waals surface area contributed by atoms with Crippen LogP contribution in [0.25, 0.3) is 0 Å². The molecule has 0 bridgehead atoms. The monoisotopic (exact) mass is 163 g/mol. The molecule has 60 valence electrons. The van der Waals surface area contributed by atoms with Gasteiger partial charge in [0.25, 0.3) is 0 Å². The molecule has 2 N–H and O–H groups in total. The summed E-state index contributed by atoms with van der Waals surface area (Å²) in [5, 5.41) is 0. The van der Waals surface area contributed by atoms with E-state index in [1.807, 2.05) is 6.92 Å². The van der Waals surface area contributed by atoms with Crippen molar-refractivity contribution in [2.45, 2.75) is 13.3 Å². The second kappa shape index (κ2) is 11.4. The molecule has 0 atom stereocenters. The molecule has 10 heavy (non-hydrogen) atoms. The van der Waals surface area contributed by atoms with E-state index >= 15 is 0 Å². The van der Waals surface area contributed by atoms with Crippen LogP contribution in [0.3, 0.4) is 0 Å². The molecule has 0 saturated heterocycles. The standard InChI is InChI=1S/C6H13N3.ClH/c1-2-8-6-9-5-3-4-7;/h2-5,7H2,1H3;1H. The summed E-state index contributed by atoms with van der Waals surface area (Å²) >= 11 is 0. The predicted molar refractivity (Wildman–Crippen MR) is 46.2 cm³/mol. The summed E-state index contributed by atoms with van der Waals surface area (Å²) in [6.45, 7) is 4.15. The molecule has 0 aliphatic heterocycles. The largest absolute Gasteiger partial charge is 0.330 e. The van der Waals surface area contributed by atoms with Gasteiger partial charge < -0.3 is 5.73 Å². The van der Waals surface area contributed by atoms with E-state index in [2.05, 4.69) is 16.0 Å². The second-order valence-corrected chi connectivity index (χ2v) is 1.60. The fourth-order valence-corrected chi connectivity index (χ4v) is 0.341. The normalized spacial score (nSPS) is 7.40. The van der Waals surface area contributed by atoms with E-state index in [4.69, 9.17) is 5.73 Å². The maximum atomic E-state index is 5.22. The van der Waals surface area contributed by atoms with Gasteiger partial charge in [-0.15, -0.1) is 12.4 Å². The van der Waals surface area contributed by atoms with Crippen LogP contribution in [0.4, 0.5) is 0 Å². The van der Waals surface area contributed by atoms with Crippen LogP contribution < -0.4 is 5.73 Å². The summed E-state index contributed by atoms with van der Waals surface area (Å²) < 4.78 is 0. The third kappa shape index (κ3) is 10.6. The highest BCUT2D eigenvalue weighted by atomic mass is 35.5. The Labute approximate surface area is 67.8 Å². The van der Waals surface area contributed by atoms with E-state index in [1.165, 1.54) is 0 Å². The van der Waals surface area contributed by atoms with Crippen molar-refractivity contribution in [3.05, 3.63) is 0 Å². The summed E-state index contributed by atoms with van der Waals surface area (Å²) in [7, 11) is 0. The van der Waals surface area contributed by atoms with Crippen LogP contribution in [-0.2, 0) is 0 Å². The van der Waals surface area contributed by atoms with Crippen LogP contribution in [0.1, 0.15) is 13.3 Å². The minimum absolute atomic E-state index is 0. The minimum atomic E-state index is 0. The van der Waals surface area contributed by atoms with Gasteiger partial charge >= 0.3 is 0 Å². The zero-order chi connectivity index (χ0) is 6.95. The molecule has 0 fully saturated rings. The highest BCUT2D eigenvalue weighted by Crippen LogP contribution is 1.73. The molecule has 0 aliphatic carbocycles. The molecular weight excluding hydrogens is 150 g/mol. The number of hydrogen-bond donors (Lipinski definition) is 1. The molecule has 4 heteroatoms. The number of hydrogen-bond acceptors (Lipinski definition) is 3. The molecule has 3 nitrogen and oxygen atoms in total. The lowest BCUT2D eigenvalue weighted by atomic mass is 10.4. The Balaban J connectivity index is 0. The summed E-state index contributed by atoms with van der Waals surface area (Å²) in [4.78, 5) is 7.64. The lowest BCUT2D eigenvalue weighted by Crippen LogP contribution is -1.99. The zero-order valence-corrected chi connectivity index (χ0v) is 7.02. The molecule has 0 rings (SSSR count). The Morgan fingerprint density at radius 2 is 2.10 bits per heavy atom. The molecule has 0 amide bonds. The molecule has 0 unspecified atom stereocenters. The van der Waals surface area contributed by atoms with Gasteiger partial charge in [-0.1, -0.05) is 0 Å². The van der Waals surface area contributed by atoms with Gasteiger partial charge in [0.2, 0.25) is 0 Å². The Kier molecular flexibility index (Phi) is 14.1. The van der Waals surface area contributed by atoms with Crippen LogP contribution in [0.2, 0.25) is 0 Å². The molecule has 0 aromatic carbocycles. The lowest BCUT2D eigenvalue weighted by molar-refractivity contribution is 0.847. The van der Waals surface area contributed by atoms with Crippen molar-refractivity contribution in [3.63, 3.8) is 0 Å². The van der Waals surface area contributed by atoms with Crippen LogP contribution in [0.15, 0.2) is 9.98 Å². The molecular formula is C6H14ClN3. The molecule has 0 aliphatic rings. The third-order valence-corrected chi connectivity index (χ3v) is 0.774. The maximum Gasteiger partial charge on any atom is 0.0892 e. The number of rotatable bonds is 4. The van der Waals surface area contributed by atoms with Gasteiger partial charge in [-0.05, 0) is 19.9 Å². The molecule has 0 aromatic rings. The second-order valence-electron chi connectivity index (χ2n) is 1.60. The molecule has 0 aromatic heterocycles. The van der Waals surface area contributed by atoms with E-state index in [0.29, 0.717) is 6.54 Å². The minimum Gasteiger partial charge on any atom is -0.330 e. The summed E-state index contributed by atoms with van der Waals surface area (Å²) in [5.74, 6) is 0. The van der Waals surface area contributed by atoms with E-state index in [0.717, 1.165) is 19.5 Å². The fraction of sp³-hybridized carbons (Fsp3) is 0.833. The number of nitrogens with zero attached hydrogens (tertiary/aromatic N) is 2. The molecule has 0 spiro atoms. The Morgan fingerprint density at radius 3 is 2.60 bits per heavy atom. The molecule has 0 saturated carbocycles. The van der Waals surface area contributed by atoms with E-state index in [9.17, 15) is 0 Å². The van der Waals surface area contributed by atoms with Crippen LogP contribution in [0.5, 0.6) is 0 Å². The zero-order valence-electron chi connectivity index (χ0n) is 6.21. The fourth-order valence-electron chi connectivity index (χ4n) is 0.341. The third-order valence-electron chi connectivity index (χ3n) is 0.774. The van der Waals surface area contributed by atoms with Crippen molar-refractivity contribution >= 4 is 18.4 Å². The summed E-state index contributed by atoms with van der Waals surface area (Å²) in [6.07, 6.45) is 0.923. The van der Waals surface area contributed by atoms with Gasteiger partial charge in [-0.25, -0.2) is 9.98 Å². The number of aliphatic imine (C=N–C) groups is 2. The first kappa shape index (κ1) is 12.3. The van der Waals surface area contributed by atoms with Crippen molar-refractivity contribution < 1.29 is 0 Å². The Hall–Kier alpha value is -0.370. The van der Waals surface area contributed by atoms with Gasteiger partial charge in [-0.3, -0.25) is 0 Å². The molecule has 0 radical (unpaired) electrons. The van der Waals surface area contributed by atoms with Gasteiger partial charge in [-0.2, -0.15) is 0 Å². The number of nitrogens with two attached hydrogens (primary N) is 1. The quantitative estimate of drug-likeness (QED) is 0.487. The van der Waals surface area contributed by atoms with Crippen molar-refractivity contribution in [2.75, 3.05) is 19.6 Å². The summed E-state index contributed by atoms with van der Waals surface area (Å²) in [6, 6.07) is 2.56. The van der Waals surface area contributed by atoms with Crippen LogP contribution in [-0.4, -0.2) is 25.6 Å². The lowest BCUT2D eigenvalue weighted by Gasteiger charge is -1.83. The van der Waals surface area contributed by atoms with Gasteiger partial charge in [0.05, 0.1) is 12.6 Å². The summed E-state index contributed by atoms with van der Waals surface area (Å²) in [5.41, 5.74) is 5.22. The molecule has 0 heterocycles. The average Bonchev–Trinajstić information content (AvgIpc) is 1.89. The highest BCUT2D eigenvalue weighted by molar-refractivity contribution is 5.85. The average molecular weight is 164 g/mol. The maximum absolute atomic E-state index is 5.22. The van der Waals surface area contributed by atoms with Crippen molar-refractivity contribution in [2.24, 2.45) is 15.7 Å². The Morgan fingerprint density at radius 1 is 1.40 bits per heavy atom. The van der Waals surface area contributed by atoms with Crippen molar-refractivity contribution in [3.8, 4) is 0 Å². The highest BCUT2D eigenvalue weighted by Gasteiger charge is 1.74. The van der Waals surface area contributed by atoms with Gasteiger partial charge in [0.15, 0.2) is 0 Å². The van der Waals surface area contributed by atoms with Crippen molar-refractivity contribution in [1.29, 1.82) is 0 Å². The Bertz CT molecular complexity index is 108. The van der Waals surface area contributed by atoms with Gasteiger partial charge in [0.1, 0.15) is 0 Å². The van der Waals surface area contributed by atoms with Gasteiger partial charge in [0, 0.05) is 6.54 Å². The van der Waals surface area contributed by atoms with E-state index < -0.39 is 0 Å².